The van der Waals surface area contributed by atoms with E-state index < -0.39 is 5.60 Å². The average Bonchev–Trinajstić information content (AvgIpc) is 2.70. The molecule has 0 aliphatic carbocycles. The van der Waals surface area contributed by atoms with E-state index in [-0.39, 0.29) is 12.1 Å². The van der Waals surface area contributed by atoms with Crippen LogP contribution in [0, 0.1) is 0 Å². The van der Waals surface area contributed by atoms with Crippen molar-refractivity contribution in [3.63, 3.8) is 0 Å². The highest BCUT2D eigenvalue weighted by Gasteiger charge is 2.25. The number of hydrogen-bond donors (Lipinski definition) is 0. The van der Waals surface area contributed by atoms with Crippen molar-refractivity contribution >= 4 is 12.3 Å². The van der Waals surface area contributed by atoms with Gasteiger partial charge in [0.1, 0.15) is 5.60 Å². The summed E-state index contributed by atoms with van der Waals surface area (Å²) < 4.78 is 5.48. The Morgan fingerprint density at radius 3 is 2.68 bits per heavy atom. The molecular formula is C18H26N2O2. The van der Waals surface area contributed by atoms with Gasteiger partial charge in [-0.15, -0.1) is 0 Å². The van der Waals surface area contributed by atoms with Crippen LogP contribution in [0.25, 0.3) is 0 Å². The number of amides is 1. The van der Waals surface area contributed by atoms with E-state index in [4.69, 9.17) is 4.74 Å². The zero-order chi connectivity index (χ0) is 16.0. The molecule has 1 unspecified atom stereocenters. The van der Waals surface area contributed by atoms with Gasteiger partial charge in [-0.3, -0.25) is 4.99 Å². The molecule has 0 bridgehead atoms. The van der Waals surface area contributed by atoms with E-state index in [2.05, 4.69) is 4.99 Å². The van der Waals surface area contributed by atoms with Crippen molar-refractivity contribution in [2.45, 2.75) is 51.7 Å². The van der Waals surface area contributed by atoms with Crippen molar-refractivity contribution in [3.8, 4) is 0 Å². The summed E-state index contributed by atoms with van der Waals surface area (Å²) in [7, 11) is 0. The molecule has 2 rings (SSSR count). The topological polar surface area (TPSA) is 41.9 Å². The number of nitrogens with zero attached hydrogens (tertiary/aromatic N) is 2. The first kappa shape index (κ1) is 16.5. The summed E-state index contributed by atoms with van der Waals surface area (Å²) in [6, 6.07) is 10.2. The highest BCUT2D eigenvalue weighted by atomic mass is 16.6. The number of carbonyl (C=O) groups is 1. The van der Waals surface area contributed by atoms with Gasteiger partial charge in [0.15, 0.2) is 0 Å². The summed E-state index contributed by atoms with van der Waals surface area (Å²) in [6.45, 7) is 7.08. The van der Waals surface area contributed by atoms with Gasteiger partial charge in [0.05, 0.1) is 6.04 Å². The monoisotopic (exact) mass is 302 g/mol. The minimum Gasteiger partial charge on any atom is -0.444 e. The van der Waals surface area contributed by atoms with Crippen molar-refractivity contribution in [3.05, 3.63) is 35.9 Å². The largest absolute Gasteiger partial charge is 0.444 e. The molecule has 1 aliphatic rings. The number of rotatable bonds is 2. The molecule has 0 spiro atoms. The average molecular weight is 302 g/mol. The highest BCUT2D eigenvalue weighted by molar-refractivity contribution is 5.79. The normalized spacial score (nSPS) is 20.0. The molecule has 120 valence electrons. The highest BCUT2D eigenvalue weighted by Crippen LogP contribution is 2.17. The number of likely N-dealkylation sites (tertiary alicyclic amines) is 1. The molecule has 1 aromatic carbocycles. The summed E-state index contributed by atoms with van der Waals surface area (Å²) in [5.41, 5.74) is 0.641. The third kappa shape index (κ3) is 5.51. The SMILES string of the molecule is CC(C)(C)OC(=O)N1CCCCC(/N=C/c2ccccc2)C1. The molecule has 1 heterocycles. The van der Waals surface area contributed by atoms with Crippen LogP contribution in [0.4, 0.5) is 4.79 Å². The van der Waals surface area contributed by atoms with Gasteiger partial charge >= 0.3 is 6.09 Å². The van der Waals surface area contributed by atoms with Crippen LogP contribution in [-0.2, 0) is 4.74 Å². The van der Waals surface area contributed by atoms with Crippen LogP contribution in [-0.4, -0.2) is 41.9 Å². The third-order valence-corrected chi connectivity index (χ3v) is 3.53. The fourth-order valence-corrected chi connectivity index (χ4v) is 2.46. The zero-order valence-corrected chi connectivity index (χ0v) is 13.8. The quantitative estimate of drug-likeness (QED) is 0.778. The Bertz CT molecular complexity index is 506. The Kier molecular flexibility index (Phi) is 5.58. The molecule has 4 nitrogen and oxygen atoms in total. The number of carbonyl (C=O) groups excluding carboxylic acids is 1. The molecule has 1 fully saturated rings. The Labute approximate surface area is 133 Å². The van der Waals surface area contributed by atoms with Crippen LogP contribution in [0.3, 0.4) is 0 Å². The molecule has 0 aromatic heterocycles. The van der Waals surface area contributed by atoms with Gasteiger partial charge in [0, 0.05) is 19.3 Å². The van der Waals surface area contributed by atoms with Crippen LogP contribution in [0.1, 0.15) is 45.6 Å². The van der Waals surface area contributed by atoms with Crippen molar-refractivity contribution in [2.24, 2.45) is 4.99 Å². The zero-order valence-electron chi connectivity index (χ0n) is 13.8. The van der Waals surface area contributed by atoms with Crippen molar-refractivity contribution < 1.29 is 9.53 Å². The summed E-state index contributed by atoms with van der Waals surface area (Å²) >= 11 is 0. The van der Waals surface area contributed by atoms with E-state index in [1.165, 1.54) is 0 Å². The van der Waals surface area contributed by atoms with Crippen LogP contribution >= 0.6 is 0 Å². The lowest BCUT2D eigenvalue weighted by Gasteiger charge is -2.27. The van der Waals surface area contributed by atoms with Gasteiger partial charge in [0.2, 0.25) is 0 Å². The molecule has 1 aliphatic heterocycles. The first-order chi connectivity index (χ1) is 10.4. The van der Waals surface area contributed by atoms with E-state index in [9.17, 15) is 4.79 Å². The summed E-state index contributed by atoms with van der Waals surface area (Å²) in [4.78, 5) is 18.7. The van der Waals surface area contributed by atoms with Crippen molar-refractivity contribution in [1.29, 1.82) is 0 Å². The molecule has 1 atom stereocenters. The van der Waals surface area contributed by atoms with Crippen LogP contribution in [0.2, 0.25) is 0 Å². The lowest BCUT2D eigenvalue weighted by Crippen LogP contribution is -2.40. The minimum atomic E-state index is -0.452. The van der Waals surface area contributed by atoms with Crippen LogP contribution < -0.4 is 0 Å². The lowest BCUT2D eigenvalue weighted by molar-refractivity contribution is 0.0250. The summed E-state index contributed by atoms with van der Waals surface area (Å²) in [5, 5.41) is 0. The maximum absolute atomic E-state index is 12.2. The molecule has 0 saturated carbocycles. The molecular weight excluding hydrogens is 276 g/mol. The molecule has 0 radical (unpaired) electrons. The second kappa shape index (κ2) is 7.43. The predicted octanol–water partition coefficient (Wildman–Crippen LogP) is 3.90. The molecule has 0 N–H and O–H groups in total. The third-order valence-electron chi connectivity index (χ3n) is 3.53. The lowest BCUT2D eigenvalue weighted by atomic mass is 10.1. The van der Waals surface area contributed by atoms with Gasteiger partial charge in [-0.25, -0.2) is 4.79 Å². The van der Waals surface area contributed by atoms with Crippen LogP contribution in [0.5, 0.6) is 0 Å². The first-order valence-electron chi connectivity index (χ1n) is 8.00. The second-order valence-corrected chi connectivity index (χ2v) is 6.76. The smallest absolute Gasteiger partial charge is 0.410 e. The molecule has 1 saturated heterocycles. The van der Waals surface area contributed by atoms with E-state index in [0.717, 1.165) is 31.4 Å². The Hall–Kier alpha value is -1.84. The number of hydrogen-bond acceptors (Lipinski definition) is 3. The van der Waals surface area contributed by atoms with E-state index in [0.29, 0.717) is 6.54 Å². The fraction of sp³-hybridized carbons (Fsp3) is 0.556. The van der Waals surface area contributed by atoms with Gasteiger partial charge in [0.25, 0.3) is 0 Å². The Morgan fingerprint density at radius 2 is 2.00 bits per heavy atom. The van der Waals surface area contributed by atoms with Gasteiger partial charge in [-0.1, -0.05) is 30.3 Å². The molecule has 1 amide bonds. The minimum absolute atomic E-state index is 0.148. The van der Waals surface area contributed by atoms with Crippen molar-refractivity contribution in [1.82, 2.24) is 4.90 Å². The summed E-state index contributed by atoms with van der Waals surface area (Å²) in [6.07, 6.45) is 4.80. The Morgan fingerprint density at radius 1 is 1.27 bits per heavy atom. The maximum atomic E-state index is 12.2. The molecule has 4 heteroatoms. The predicted molar refractivity (Wildman–Crippen MR) is 89.5 cm³/mol. The van der Waals surface area contributed by atoms with E-state index in [1.807, 2.05) is 57.3 Å². The van der Waals surface area contributed by atoms with Crippen molar-refractivity contribution in [2.75, 3.05) is 13.1 Å². The first-order valence-corrected chi connectivity index (χ1v) is 8.00. The number of benzene rings is 1. The second-order valence-electron chi connectivity index (χ2n) is 6.76. The molecule has 1 aromatic rings. The van der Waals surface area contributed by atoms with Gasteiger partial charge in [-0.2, -0.15) is 0 Å². The Balaban J connectivity index is 1.98. The maximum Gasteiger partial charge on any atom is 0.410 e. The van der Waals surface area contributed by atoms with Gasteiger partial charge < -0.3 is 9.64 Å². The van der Waals surface area contributed by atoms with E-state index >= 15 is 0 Å². The van der Waals surface area contributed by atoms with E-state index in [1.54, 1.807) is 4.90 Å². The molecule has 22 heavy (non-hydrogen) atoms. The van der Waals surface area contributed by atoms with Crippen LogP contribution in [0.15, 0.2) is 35.3 Å². The van der Waals surface area contributed by atoms with Gasteiger partial charge in [-0.05, 0) is 45.6 Å². The standard InChI is InChI=1S/C18H26N2O2/c1-18(2,3)22-17(21)20-12-8-7-11-16(14-20)19-13-15-9-5-4-6-10-15/h4-6,9-10,13,16H,7-8,11-12,14H2,1-3H3/b19-13+. The summed E-state index contributed by atoms with van der Waals surface area (Å²) in [5.74, 6) is 0. The number of aliphatic imine (C=N–C) groups is 1. The fourth-order valence-electron chi connectivity index (χ4n) is 2.46. The number of ether oxygens (including phenoxy) is 1.